The highest BCUT2D eigenvalue weighted by atomic mass is 35.5. The van der Waals surface area contributed by atoms with Gasteiger partial charge in [0.05, 0.1) is 4.90 Å². The first-order chi connectivity index (χ1) is 11.3. The molecule has 0 amide bonds. The molecule has 1 aromatic rings. The van der Waals surface area contributed by atoms with Crippen LogP contribution in [-0.4, -0.2) is 45.5 Å². The number of alkyl halides is 2. The van der Waals surface area contributed by atoms with Gasteiger partial charge in [0, 0.05) is 13.1 Å². The van der Waals surface area contributed by atoms with E-state index in [1.165, 1.54) is 4.31 Å². The highest BCUT2D eigenvalue weighted by Crippen LogP contribution is 2.27. The van der Waals surface area contributed by atoms with E-state index < -0.39 is 28.2 Å². The van der Waals surface area contributed by atoms with E-state index >= 15 is 0 Å². The van der Waals surface area contributed by atoms with Crippen LogP contribution in [0.5, 0.6) is 5.75 Å². The second-order valence-corrected chi connectivity index (χ2v) is 7.56. The van der Waals surface area contributed by atoms with Crippen molar-refractivity contribution in [2.75, 3.05) is 26.2 Å². The Morgan fingerprint density at radius 1 is 1.32 bits per heavy atom. The fourth-order valence-corrected chi connectivity index (χ4v) is 4.17. The molecule has 0 unspecified atom stereocenters. The number of hydrogen-bond acceptors (Lipinski definition) is 4. The number of benzene rings is 1. The zero-order valence-electron chi connectivity index (χ0n) is 13.8. The van der Waals surface area contributed by atoms with Gasteiger partial charge in [-0.15, -0.1) is 12.4 Å². The van der Waals surface area contributed by atoms with Crippen molar-refractivity contribution >= 4 is 22.4 Å². The Bertz CT molecular complexity index is 653. The zero-order valence-corrected chi connectivity index (χ0v) is 15.4. The Balaban J connectivity index is 0.00000312. The monoisotopic (exact) mass is 402 g/mol. The first-order valence-electron chi connectivity index (χ1n) is 7.79. The molecule has 144 valence electrons. The molecule has 1 aliphatic rings. The van der Waals surface area contributed by atoms with Crippen LogP contribution in [0.2, 0.25) is 0 Å². The molecule has 25 heavy (non-hydrogen) atoms. The number of rotatable bonds is 7. The topological polar surface area (TPSA) is 58.6 Å². The van der Waals surface area contributed by atoms with E-state index in [9.17, 15) is 21.6 Å². The molecular weight excluding hydrogens is 381 g/mol. The minimum Gasteiger partial charge on any atom is -0.432 e. The Hall–Kier alpha value is -1.03. The molecule has 0 saturated carbocycles. The highest BCUT2D eigenvalue weighted by molar-refractivity contribution is 7.89. The molecule has 1 aliphatic heterocycles. The maximum atomic E-state index is 13.8. The summed E-state index contributed by atoms with van der Waals surface area (Å²) in [7, 11) is -3.84. The van der Waals surface area contributed by atoms with E-state index in [0.29, 0.717) is 19.0 Å². The van der Waals surface area contributed by atoms with Gasteiger partial charge < -0.3 is 10.1 Å². The number of hydrogen-bond donors (Lipinski definition) is 1. The van der Waals surface area contributed by atoms with Crippen LogP contribution in [0.15, 0.2) is 23.1 Å². The summed E-state index contributed by atoms with van der Waals surface area (Å²) in [5.41, 5.74) is 0. The van der Waals surface area contributed by atoms with Crippen molar-refractivity contribution in [3.63, 3.8) is 0 Å². The van der Waals surface area contributed by atoms with Crippen molar-refractivity contribution < 1.29 is 26.3 Å². The quantitative estimate of drug-likeness (QED) is 0.762. The number of nitrogens with one attached hydrogen (secondary N) is 1. The van der Waals surface area contributed by atoms with E-state index in [1.807, 2.05) is 6.92 Å². The maximum absolute atomic E-state index is 13.8. The normalized spacial score (nSPS) is 16.7. The summed E-state index contributed by atoms with van der Waals surface area (Å²) < 4.78 is 68.4. The van der Waals surface area contributed by atoms with Gasteiger partial charge in [-0.3, -0.25) is 0 Å². The average molecular weight is 403 g/mol. The zero-order chi connectivity index (χ0) is 17.7. The minimum atomic E-state index is -3.84. The number of nitrogens with zero attached hydrogens (tertiary/aromatic N) is 1. The third-order valence-electron chi connectivity index (χ3n) is 4.01. The molecule has 1 fully saturated rings. The summed E-state index contributed by atoms with van der Waals surface area (Å²) in [5.74, 6) is -1.39. The van der Waals surface area contributed by atoms with Gasteiger partial charge in [-0.1, -0.05) is 6.92 Å². The first-order valence-corrected chi connectivity index (χ1v) is 9.23. The molecule has 5 nitrogen and oxygen atoms in total. The van der Waals surface area contributed by atoms with Gasteiger partial charge in [0.25, 0.3) is 0 Å². The summed E-state index contributed by atoms with van der Waals surface area (Å²) in [5, 5.41) is 3.24. The lowest BCUT2D eigenvalue weighted by molar-refractivity contribution is -0.0522. The van der Waals surface area contributed by atoms with Gasteiger partial charge in [-0.25, -0.2) is 12.8 Å². The standard InChI is InChI=1S/C15H21F3N2O3S.ClH/c1-2-19-10-11-5-7-20(8-6-11)24(21,22)12-3-4-14(13(16)9-12)23-15(17)18;/h3-4,9,11,15,19H,2,5-8,10H2,1H3;1H. The van der Waals surface area contributed by atoms with Crippen molar-refractivity contribution in [2.24, 2.45) is 5.92 Å². The number of sulfonamides is 1. The van der Waals surface area contributed by atoms with Crippen LogP contribution in [0.1, 0.15) is 19.8 Å². The van der Waals surface area contributed by atoms with Gasteiger partial charge in [0.15, 0.2) is 11.6 Å². The first kappa shape index (κ1) is 22.0. The summed E-state index contributed by atoms with van der Waals surface area (Å²) in [6.07, 6.45) is 1.45. The van der Waals surface area contributed by atoms with Crippen molar-refractivity contribution in [3.8, 4) is 5.75 Å². The van der Waals surface area contributed by atoms with Crippen LogP contribution in [0.3, 0.4) is 0 Å². The molecule has 0 atom stereocenters. The molecule has 10 heteroatoms. The molecule has 0 aromatic heterocycles. The molecular formula is C15H22ClF3N2O3S. The molecule has 1 N–H and O–H groups in total. The second-order valence-electron chi connectivity index (χ2n) is 5.63. The van der Waals surface area contributed by atoms with Crippen LogP contribution in [0.4, 0.5) is 13.2 Å². The molecule has 2 rings (SSSR count). The number of piperidine rings is 1. The van der Waals surface area contributed by atoms with Crippen LogP contribution in [-0.2, 0) is 10.0 Å². The lowest BCUT2D eigenvalue weighted by Gasteiger charge is -2.31. The van der Waals surface area contributed by atoms with E-state index in [1.54, 1.807) is 0 Å². The summed E-state index contributed by atoms with van der Waals surface area (Å²) in [4.78, 5) is -0.258. The summed E-state index contributed by atoms with van der Waals surface area (Å²) in [6, 6.07) is 2.71. The highest BCUT2D eigenvalue weighted by Gasteiger charge is 2.30. The molecule has 1 heterocycles. The second kappa shape index (κ2) is 9.61. The maximum Gasteiger partial charge on any atom is 0.387 e. The average Bonchev–Trinajstić information content (AvgIpc) is 2.54. The van der Waals surface area contributed by atoms with Gasteiger partial charge in [0.1, 0.15) is 0 Å². The molecule has 1 saturated heterocycles. The smallest absolute Gasteiger partial charge is 0.387 e. The van der Waals surface area contributed by atoms with Crippen molar-refractivity contribution in [1.82, 2.24) is 9.62 Å². The largest absolute Gasteiger partial charge is 0.432 e. The van der Waals surface area contributed by atoms with E-state index in [0.717, 1.165) is 44.1 Å². The number of ether oxygens (including phenoxy) is 1. The third-order valence-corrected chi connectivity index (χ3v) is 5.91. The molecule has 0 aliphatic carbocycles. The minimum absolute atomic E-state index is 0. The van der Waals surface area contributed by atoms with Gasteiger partial charge in [-0.2, -0.15) is 13.1 Å². The predicted molar refractivity (Wildman–Crippen MR) is 90.3 cm³/mol. The van der Waals surface area contributed by atoms with E-state index in [-0.39, 0.29) is 17.3 Å². The van der Waals surface area contributed by atoms with E-state index in [4.69, 9.17) is 0 Å². The van der Waals surface area contributed by atoms with Gasteiger partial charge in [0.2, 0.25) is 10.0 Å². The van der Waals surface area contributed by atoms with Crippen molar-refractivity contribution in [1.29, 1.82) is 0 Å². The molecule has 0 spiro atoms. The summed E-state index contributed by atoms with van der Waals surface area (Å²) in [6.45, 7) is 1.27. The Morgan fingerprint density at radius 2 is 1.96 bits per heavy atom. The lowest BCUT2D eigenvalue weighted by atomic mass is 9.98. The Labute approximate surface area is 152 Å². The third kappa shape index (κ3) is 5.73. The SMILES string of the molecule is CCNCC1CCN(S(=O)(=O)c2ccc(OC(F)F)c(F)c2)CC1.Cl. The van der Waals surface area contributed by atoms with Gasteiger partial charge >= 0.3 is 6.61 Å². The summed E-state index contributed by atoms with van der Waals surface area (Å²) >= 11 is 0. The molecule has 0 radical (unpaired) electrons. The number of halogens is 4. The fraction of sp³-hybridized carbons (Fsp3) is 0.600. The fourth-order valence-electron chi connectivity index (χ4n) is 2.68. The lowest BCUT2D eigenvalue weighted by Crippen LogP contribution is -2.40. The van der Waals surface area contributed by atoms with Crippen LogP contribution in [0, 0.1) is 11.7 Å². The predicted octanol–water partition coefficient (Wildman–Crippen LogP) is 2.86. The van der Waals surface area contributed by atoms with Crippen molar-refractivity contribution in [3.05, 3.63) is 24.0 Å². The molecule has 0 bridgehead atoms. The molecule has 1 aromatic carbocycles. The van der Waals surface area contributed by atoms with Crippen LogP contribution in [0.25, 0.3) is 0 Å². The van der Waals surface area contributed by atoms with Crippen LogP contribution < -0.4 is 10.1 Å². The van der Waals surface area contributed by atoms with Crippen molar-refractivity contribution in [2.45, 2.75) is 31.3 Å². The van der Waals surface area contributed by atoms with E-state index in [2.05, 4.69) is 10.1 Å². The Kier molecular flexibility index (Phi) is 8.46. The Morgan fingerprint density at radius 3 is 2.48 bits per heavy atom. The van der Waals surface area contributed by atoms with Crippen LogP contribution >= 0.6 is 12.4 Å². The van der Waals surface area contributed by atoms with Gasteiger partial charge in [-0.05, 0) is 50.0 Å².